The number of halogens is 1. The van der Waals surface area contributed by atoms with Gasteiger partial charge in [-0.25, -0.2) is 4.98 Å². The van der Waals surface area contributed by atoms with E-state index in [1.807, 2.05) is 0 Å². The highest BCUT2D eigenvalue weighted by molar-refractivity contribution is 6.16. The van der Waals surface area contributed by atoms with Gasteiger partial charge in [0.1, 0.15) is 16.9 Å². The van der Waals surface area contributed by atoms with Crippen molar-refractivity contribution in [1.29, 1.82) is 0 Å². The highest BCUT2D eigenvalue weighted by atomic mass is 35.5. The molecule has 1 aromatic carbocycles. The molecule has 0 bridgehead atoms. The van der Waals surface area contributed by atoms with Crippen LogP contribution in [-0.2, 0) is 5.88 Å². The number of nitrogens with one attached hydrogen (secondary N) is 1. The smallest absolute Gasteiger partial charge is 0.294 e. The van der Waals surface area contributed by atoms with Crippen molar-refractivity contribution < 1.29 is 9.52 Å². The lowest BCUT2D eigenvalue weighted by Gasteiger charge is -2.03. The molecule has 0 radical (unpaired) electrons. The summed E-state index contributed by atoms with van der Waals surface area (Å²) in [6, 6.07) is 5.25. The Morgan fingerprint density at radius 2 is 2.32 bits per heavy atom. The second-order valence-electron chi connectivity index (χ2n) is 4.36. The van der Waals surface area contributed by atoms with Gasteiger partial charge in [-0.05, 0) is 24.6 Å². The molecule has 0 aliphatic heterocycles. The number of aromatic nitrogens is 2. The molecule has 2 aromatic heterocycles. The van der Waals surface area contributed by atoms with Gasteiger partial charge in [-0.1, -0.05) is 6.07 Å². The maximum Gasteiger partial charge on any atom is 0.294 e. The molecular formula is C13H11ClN2O3. The van der Waals surface area contributed by atoms with Crippen LogP contribution in [0.25, 0.3) is 22.1 Å². The topological polar surface area (TPSA) is 79.1 Å². The van der Waals surface area contributed by atoms with Gasteiger partial charge in [0, 0.05) is 5.39 Å². The summed E-state index contributed by atoms with van der Waals surface area (Å²) >= 11 is 5.70. The number of aliphatic hydroxyl groups is 1. The predicted octanol–water partition coefficient (Wildman–Crippen LogP) is 2.46. The molecule has 0 aliphatic rings. The Labute approximate surface area is 112 Å². The van der Waals surface area contributed by atoms with Crippen molar-refractivity contribution in [3.8, 4) is 0 Å². The molecule has 1 unspecified atom stereocenters. The number of benzene rings is 1. The van der Waals surface area contributed by atoms with Gasteiger partial charge in [0.25, 0.3) is 5.56 Å². The van der Waals surface area contributed by atoms with Crippen molar-refractivity contribution in [2.75, 3.05) is 0 Å². The molecule has 0 fully saturated rings. The van der Waals surface area contributed by atoms with Crippen molar-refractivity contribution >= 4 is 33.7 Å². The van der Waals surface area contributed by atoms with Gasteiger partial charge in [-0.2, -0.15) is 0 Å². The Morgan fingerprint density at radius 1 is 1.53 bits per heavy atom. The van der Waals surface area contributed by atoms with Gasteiger partial charge >= 0.3 is 0 Å². The van der Waals surface area contributed by atoms with Crippen LogP contribution in [0.1, 0.15) is 24.4 Å². The number of rotatable bonds is 2. The van der Waals surface area contributed by atoms with Gasteiger partial charge in [0.2, 0.25) is 5.58 Å². The van der Waals surface area contributed by atoms with E-state index < -0.39 is 6.10 Å². The zero-order chi connectivity index (χ0) is 13.6. The standard InChI is InChI=1S/C13H11ClN2O3/c1-6(17)7-2-3-9-8(4-7)11-12(19-9)13(18)16-10(5-14)15-11/h2-4,6,17H,5H2,1H3,(H,15,16,18). The van der Waals surface area contributed by atoms with E-state index in [2.05, 4.69) is 9.97 Å². The number of aliphatic hydroxyl groups excluding tert-OH is 1. The Bertz CT molecular complexity index is 820. The Kier molecular flexibility index (Phi) is 2.80. The van der Waals surface area contributed by atoms with E-state index in [9.17, 15) is 9.90 Å². The Hall–Kier alpha value is -1.85. The monoisotopic (exact) mass is 278 g/mol. The normalized spacial score (nSPS) is 13.2. The highest BCUT2D eigenvalue weighted by Gasteiger charge is 2.14. The number of hydrogen-bond acceptors (Lipinski definition) is 4. The van der Waals surface area contributed by atoms with Crippen molar-refractivity contribution in [3.05, 3.63) is 39.9 Å². The number of alkyl halides is 1. The van der Waals surface area contributed by atoms with E-state index in [0.717, 1.165) is 5.56 Å². The summed E-state index contributed by atoms with van der Waals surface area (Å²) in [4.78, 5) is 18.7. The largest absolute Gasteiger partial charge is 0.449 e. The van der Waals surface area contributed by atoms with Gasteiger partial charge in [0.15, 0.2) is 0 Å². The fourth-order valence-corrected chi connectivity index (χ4v) is 2.17. The van der Waals surface area contributed by atoms with Crippen molar-refractivity contribution in [3.63, 3.8) is 0 Å². The third-order valence-corrected chi connectivity index (χ3v) is 3.26. The van der Waals surface area contributed by atoms with E-state index >= 15 is 0 Å². The highest BCUT2D eigenvalue weighted by Crippen LogP contribution is 2.27. The first-order chi connectivity index (χ1) is 9.10. The molecular weight excluding hydrogens is 268 g/mol. The molecule has 3 rings (SSSR count). The van der Waals surface area contributed by atoms with E-state index in [4.69, 9.17) is 16.0 Å². The fourth-order valence-electron chi connectivity index (χ4n) is 2.04. The zero-order valence-electron chi connectivity index (χ0n) is 10.1. The summed E-state index contributed by atoms with van der Waals surface area (Å²) in [6.45, 7) is 1.67. The molecule has 0 saturated carbocycles. The number of hydrogen-bond donors (Lipinski definition) is 2. The summed E-state index contributed by atoms with van der Waals surface area (Å²) in [5, 5.41) is 10.3. The third kappa shape index (κ3) is 1.91. The van der Waals surface area contributed by atoms with Gasteiger partial charge in [-0.3, -0.25) is 4.79 Å². The van der Waals surface area contributed by atoms with Crippen LogP contribution in [0, 0.1) is 0 Å². The average molecular weight is 279 g/mol. The van der Waals surface area contributed by atoms with E-state index in [-0.39, 0.29) is 17.0 Å². The predicted molar refractivity (Wildman–Crippen MR) is 72.3 cm³/mol. The van der Waals surface area contributed by atoms with Crippen LogP contribution in [0.3, 0.4) is 0 Å². The first kappa shape index (κ1) is 12.2. The summed E-state index contributed by atoms with van der Waals surface area (Å²) in [6.07, 6.45) is -0.594. The molecule has 0 amide bonds. The van der Waals surface area contributed by atoms with Gasteiger partial charge in [0.05, 0.1) is 12.0 Å². The molecule has 6 heteroatoms. The van der Waals surface area contributed by atoms with Crippen LogP contribution in [0.4, 0.5) is 0 Å². The number of nitrogens with zero attached hydrogens (tertiary/aromatic N) is 1. The van der Waals surface area contributed by atoms with Crippen LogP contribution in [0.15, 0.2) is 27.4 Å². The summed E-state index contributed by atoms with van der Waals surface area (Å²) in [5.41, 5.74) is 1.59. The molecule has 0 aliphatic carbocycles. The minimum Gasteiger partial charge on any atom is -0.449 e. The summed E-state index contributed by atoms with van der Waals surface area (Å²) < 4.78 is 5.49. The van der Waals surface area contributed by atoms with E-state index in [1.54, 1.807) is 25.1 Å². The van der Waals surface area contributed by atoms with Crippen molar-refractivity contribution in [2.24, 2.45) is 0 Å². The maximum absolute atomic E-state index is 11.8. The third-order valence-electron chi connectivity index (χ3n) is 3.01. The van der Waals surface area contributed by atoms with Gasteiger partial charge < -0.3 is 14.5 Å². The van der Waals surface area contributed by atoms with Crippen molar-refractivity contribution in [1.82, 2.24) is 9.97 Å². The van der Waals surface area contributed by atoms with Crippen molar-refractivity contribution in [2.45, 2.75) is 18.9 Å². The molecule has 19 heavy (non-hydrogen) atoms. The summed E-state index contributed by atoms with van der Waals surface area (Å²) in [7, 11) is 0. The van der Waals surface area contributed by atoms with E-state index in [1.165, 1.54) is 0 Å². The van der Waals surface area contributed by atoms with Crippen LogP contribution < -0.4 is 5.56 Å². The average Bonchev–Trinajstić information content (AvgIpc) is 2.77. The van der Waals surface area contributed by atoms with Crippen LogP contribution in [0.5, 0.6) is 0 Å². The SMILES string of the molecule is CC(O)c1ccc2oc3c(=O)[nH]c(CCl)nc3c2c1. The summed E-state index contributed by atoms with van der Waals surface area (Å²) in [5.74, 6) is 0.512. The molecule has 3 aromatic rings. The molecule has 0 spiro atoms. The lowest BCUT2D eigenvalue weighted by Crippen LogP contribution is -2.09. The fraction of sp³-hybridized carbons (Fsp3) is 0.231. The van der Waals surface area contributed by atoms with E-state index in [0.29, 0.717) is 22.3 Å². The molecule has 98 valence electrons. The molecule has 0 saturated heterocycles. The van der Waals surface area contributed by atoms with Gasteiger partial charge in [-0.15, -0.1) is 11.6 Å². The first-order valence-electron chi connectivity index (χ1n) is 5.79. The number of furan rings is 1. The maximum atomic E-state index is 11.8. The minimum absolute atomic E-state index is 0.119. The Balaban J connectivity index is 2.42. The number of H-pyrrole nitrogens is 1. The lowest BCUT2D eigenvalue weighted by molar-refractivity contribution is 0.199. The molecule has 2 heterocycles. The number of fused-ring (bicyclic) bond motifs is 3. The lowest BCUT2D eigenvalue weighted by atomic mass is 10.1. The molecule has 5 nitrogen and oxygen atoms in total. The van der Waals surface area contributed by atoms with Crippen LogP contribution >= 0.6 is 11.6 Å². The molecule has 1 atom stereocenters. The Morgan fingerprint density at radius 3 is 3.00 bits per heavy atom. The second kappa shape index (κ2) is 4.36. The quantitative estimate of drug-likeness (QED) is 0.706. The molecule has 2 N–H and O–H groups in total. The van der Waals surface area contributed by atoms with Crippen LogP contribution in [0.2, 0.25) is 0 Å². The zero-order valence-corrected chi connectivity index (χ0v) is 10.9. The minimum atomic E-state index is -0.594. The second-order valence-corrected chi connectivity index (χ2v) is 4.62. The van der Waals surface area contributed by atoms with Crippen LogP contribution in [-0.4, -0.2) is 15.1 Å². The first-order valence-corrected chi connectivity index (χ1v) is 6.33. The number of aromatic amines is 1.